The van der Waals surface area contributed by atoms with E-state index in [4.69, 9.17) is 0 Å². The second kappa shape index (κ2) is 4.38. The molecule has 0 saturated heterocycles. The van der Waals surface area contributed by atoms with E-state index >= 15 is 0 Å². The first-order valence-corrected chi connectivity index (χ1v) is 5.90. The topological polar surface area (TPSA) is 63.6 Å². The molecule has 0 amide bonds. The van der Waals surface area contributed by atoms with Crippen LogP contribution >= 0.6 is 0 Å². The Morgan fingerprint density at radius 3 is 2.27 bits per heavy atom. The largest absolute Gasteiger partial charge is 0.236 e. The van der Waals surface area contributed by atoms with E-state index in [9.17, 15) is 13.2 Å². The number of hydrogen-bond donors (Lipinski definition) is 0. The van der Waals surface area contributed by atoms with Crippen LogP contribution in [0.3, 0.4) is 0 Å². The summed E-state index contributed by atoms with van der Waals surface area (Å²) in [5, 5.41) is -1.09. The summed E-state index contributed by atoms with van der Waals surface area (Å²) in [6.07, 6.45) is 1.25. The van der Waals surface area contributed by atoms with Crippen LogP contribution in [0, 0.1) is 6.92 Å². The van der Waals surface area contributed by atoms with E-state index in [0.717, 1.165) is 5.56 Å². The van der Waals surface area contributed by atoms with Crippen LogP contribution in [0.2, 0.25) is 0 Å². The van der Waals surface area contributed by atoms with Gasteiger partial charge in [-0.05, 0) is 26.0 Å². The summed E-state index contributed by atoms with van der Waals surface area (Å²) < 4.78 is 23.5. The minimum absolute atomic E-state index is 0.166. The van der Waals surface area contributed by atoms with Crippen LogP contribution in [-0.2, 0) is 14.6 Å². The molecule has 0 fully saturated rings. The number of aryl methyl sites for hydroxylation is 1. The van der Waals surface area contributed by atoms with Gasteiger partial charge in [0.2, 0.25) is 15.9 Å². The van der Waals surface area contributed by atoms with Crippen molar-refractivity contribution in [1.82, 2.24) is 0 Å². The highest BCUT2D eigenvalue weighted by atomic mass is 32.2. The highest BCUT2D eigenvalue weighted by Gasteiger charge is 2.22. The fraction of sp³-hybridized carbons (Fsp3) is 0.300. The molecule has 0 N–H and O–H groups in total. The zero-order chi connectivity index (χ0) is 11.5. The molecule has 1 rings (SSSR count). The number of rotatable bonds is 3. The third kappa shape index (κ3) is 2.52. The van der Waals surface area contributed by atoms with Gasteiger partial charge in [-0.15, -0.1) is 0 Å². The Hall–Kier alpha value is -1.45. The van der Waals surface area contributed by atoms with Crippen LogP contribution in [0.25, 0.3) is 0 Å². The molecule has 15 heavy (non-hydrogen) atoms. The molecule has 0 heterocycles. The summed E-state index contributed by atoms with van der Waals surface area (Å²) in [5.41, 5.74) is 0.973. The molecular weight excluding hydrogens is 214 g/mol. The molecule has 0 bridgehead atoms. The molecule has 0 spiro atoms. The van der Waals surface area contributed by atoms with Gasteiger partial charge in [0.15, 0.2) is 5.37 Å². The Labute approximate surface area is 88.6 Å². The molecule has 1 aromatic rings. The fourth-order valence-electron chi connectivity index (χ4n) is 1.07. The summed E-state index contributed by atoms with van der Waals surface area (Å²) in [5.74, 6) is 0. The highest BCUT2D eigenvalue weighted by Crippen LogP contribution is 2.16. The zero-order valence-electron chi connectivity index (χ0n) is 8.47. The molecule has 0 aliphatic rings. The molecule has 1 atom stereocenters. The van der Waals surface area contributed by atoms with Crippen molar-refractivity contribution in [3.63, 3.8) is 0 Å². The zero-order valence-corrected chi connectivity index (χ0v) is 9.28. The van der Waals surface area contributed by atoms with Gasteiger partial charge in [0, 0.05) is 0 Å². The molecule has 0 radical (unpaired) electrons. The molecule has 0 aliphatic carbocycles. The van der Waals surface area contributed by atoms with Crippen LogP contribution in [0.15, 0.2) is 34.2 Å². The average molecular weight is 225 g/mol. The van der Waals surface area contributed by atoms with E-state index in [1.165, 1.54) is 25.1 Å². The molecule has 0 saturated carbocycles. The first kappa shape index (κ1) is 11.6. The molecule has 1 aromatic carbocycles. The minimum atomic E-state index is -3.55. The van der Waals surface area contributed by atoms with Gasteiger partial charge in [0.05, 0.1) is 4.90 Å². The van der Waals surface area contributed by atoms with Gasteiger partial charge in [0.1, 0.15) is 0 Å². The summed E-state index contributed by atoms with van der Waals surface area (Å²) >= 11 is 0. The van der Waals surface area contributed by atoms with Gasteiger partial charge in [0.25, 0.3) is 0 Å². The third-order valence-corrected chi connectivity index (χ3v) is 3.97. The second-order valence-electron chi connectivity index (χ2n) is 3.18. The van der Waals surface area contributed by atoms with Crippen LogP contribution in [-0.4, -0.2) is 19.9 Å². The Morgan fingerprint density at radius 2 is 1.80 bits per heavy atom. The quantitative estimate of drug-likeness (QED) is 0.577. The molecule has 0 aromatic heterocycles. The van der Waals surface area contributed by atoms with Crippen LogP contribution < -0.4 is 0 Å². The minimum Gasteiger partial charge on any atom is -0.221 e. The smallest absolute Gasteiger partial charge is 0.221 e. The molecule has 4 nitrogen and oxygen atoms in total. The molecule has 5 heteroatoms. The molecular formula is C10H11NO3S. The number of sulfone groups is 1. The van der Waals surface area contributed by atoms with Gasteiger partial charge in [-0.1, -0.05) is 17.7 Å². The number of nitrogens with zero attached hydrogens (tertiary/aromatic N) is 1. The Kier molecular flexibility index (Phi) is 3.39. The Balaban J connectivity index is 3.17. The Bertz CT molecular complexity index is 484. The van der Waals surface area contributed by atoms with E-state index < -0.39 is 15.2 Å². The van der Waals surface area contributed by atoms with Crippen molar-refractivity contribution in [2.45, 2.75) is 24.1 Å². The predicted molar refractivity (Wildman–Crippen MR) is 55.9 cm³/mol. The van der Waals surface area contributed by atoms with E-state index in [1.807, 2.05) is 6.92 Å². The maximum Gasteiger partial charge on any atom is 0.236 e. The van der Waals surface area contributed by atoms with Crippen molar-refractivity contribution in [2.24, 2.45) is 4.99 Å². The first-order chi connectivity index (χ1) is 6.98. The standard InChI is InChI=1S/C10H11NO3S/c1-8-3-5-10(6-4-8)15(13,14)9(2)11-7-12/h3-6,9H,1-2H3. The van der Waals surface area contributed by atoms with Gasteiger partial charge in [-0.2, -0.15) is 4.99 Å². The second-order valence-corrected chi connectivity index (χ2v) is 5.42. The maximum absolute atomic E-state index is 11.8. The average Bonchev–Trinajstić information content (AvgIpc) is 2.18. The summed E-state index contributed by atoms with van der Waals surface area (Å²) in [7, 11) is -3.55. The van der Waals surface area contributed by atoms with Crippen molar-refractivity contribution in [3.05, 3.63) is 29.8 Å². The van der Waals surface area contributed by atoms with E-state index in [1.54, 1.807) is 12.1 Å². The van der Waals surface area contributed by atoms with Crippen molar-refractivity contribution in [2.75, 3.05) is 0 Å². The van der Waals surface area contributed by atoms with E-state index in [0.29, 0.717) is 0 Å². The van der Waals surface area contributed by atoms with Gasteiger partial charge < -0.3 is 0 Å². The third-order valence-electron chi connectivity index (χ3n) is 2.03. The molecule has 80 valence electrons. The SMILES string of the molecule is Cc1ccc(S(=O)(=O)C(C)N=C=O)cc1. The number of isocyanates is 1. The monoisotopic (exact) mass is 225 g/mol. The van der Waals surface area contributed by atoms with Crippen molar-refractivity contribution in [1.29, 1.82) is 0 Å². The summed E-state index contributed by atoms with van der Waals surface area (Å²) in [4.78, 5) is 13.4. The maximum atomic E-state index is 11.8. The van der Waals surface area contributed by atoms with Crippen molar-refractivity contribution in [3.8, 4) is 0 Å². The molecule has 0 aliphatic heterocycles. The van der Waals surface area contributed by atoms with Crippen molar-refractivity contribution >= 4 is 15.9 Å². The van der Waals surface area contributed by atoms with Crippen LogP contribution in [0.4, 0.5) is 0 Å². The van der Waals surface area contributed by atoms with Crippen molar-refractivity contribution < 1.29 is 13.2 Å². The van der Waals surface area contributed by atoms with Gasteiger partial charge >= 0.3 is 0 Å². The van der Waals surface area contributed by atoms with Crippen LogP contribution in [0.5, 0.6) is 0 Å². The summed E-state index contributed by atoms with van der Waals surface area (Å²) in [6, 6.07) is 6.40. The highest BCUT2D eigenvalue weighted by molar-refractivity contribution is 7.92. The lowest BCUT2D eigenvalue weighted by atomic mass is 10.2. The normalized spacial score (nSPS) is 12.9. The lowest BCUT2D eigenvalue weighted by Crippen LogP contribution is -2.15. The first-order valence-electron chi connectivity index (χ1n) is 4.36. The number of benzene rings is 1. The number of hydrogen-bond acceptors (Lipinski definition) is 4. The van der Waals surface area contributed by atoms with Crippen LogP contribution in [0.1, 0.15) is 12.5 Å². The molecule has 1 unspecified atom stereocenters. The number of aliphatic imine (C=N–C) groups is 1. The lowest BCUT2D eigenvalue weighted by molar-refractivity contribution is 0.558. The number of carbonyl (C=O) groups excluding carboxylic acids is 1. The summed E-state index contributed by atoms with van der Waals surface area (Å²) in [6.45, 7) is 3.21. The van der Waals surface area contributed by atoms with E-state index in [-0.39, 0.29) is 4.90 Å². The lowest BCUT2D eigenvalue weighted by Gasteiger charge is -2.06. The van der Waals surface area contributed by atoms with Gasteiger partial charge in [-0.3, -0.25) is 0 Å². The van der Waals surface area contributed by atoms with E-state index in [2.05, 4.69) is 4.99 Å². The Morgan fingerprint density at radius 1 is 1.27 bits per heavy atom. The predicted octanol–water partition coefficient (Wildman–Crippen LogP) is 1.45. The van der Waals surface area contributed by atoms with Gasteiger partial charge in [-0.25, -0.2) is 13.2 Å². The fourth-order valence-corrected chi connectivity index (χ4v) is 2.16.